The van der Waals surface area contributed by atoms with Gasteiger partial charge in [0.05, 0.1) is 18.9 Å². The number of ether oxygens (including phenoxy) is 2. The van der Waals surface area contributed by atoms with Gasteiger partial charge in [0.2, 0.25) is 0 Å². The molecule has 2 aromatic rings. The summed E-state index contributed by atoms with van der Waals surface area (Å²) in [4.78, 5) is 9.15. The Labute approximate surface area is 184 Å². The number of alkyl halides is 3. The molecule has 1 aromatic heterocycles. The highest BCUT2D eigenvalue weighted by atomic mass is 19.4. The van der Waals surface area contributed by atoms with Gasteiger partial charge in [0.25, 0.3) is 0 Å². The van der Waals surface area contributed by atoms with Crippen LogP contribution in [0.1, 0.15) is 26.2 Å². The molecule has 0 aliphatic heterocycles. The molecule has 1 saturated carbocycles. The first kappa shape index (κ1) is 23.8. The van der Waals surface area contributed by atoms with Gasteiger partial charge < -0.3 is 19.4 Å². The molecule has 0 amide bonds. The lowest BCUT2D eigenvalue weighted by atomic mass is 9.63. The van der Waals surface area contributed by atoms with Gasteiger partial charge in [0.1, 0.15) is 31.3 Å². The molecule has 1 unspecified atom stereocenters. The highest BCUT2D eigenvalue weighted by molar-refractivity contribution is 5.92. The quantitative estimate of drug-likeness (QED) is 0.579. The minimum Gasteiger partial charge on any atom is -0.493 e. The van der Waals surface area contributed by atoms with E-state index in [-0.39, 0.29) is 29.6 Å². The topological polar surface area (TPSA) is 91.0 Å². The number of rotatable bonds is 9. The average molecular weight is 456 g/mol. The molecule has 176 valence electrons. The summed E-state index contributed by atoms with van der Waals surface area (Å²) in [6.45, 7) is 2.93. The van der Waals surface area contributed by atoms with E-state index in [1.165, 1.54) is 37.7 Å². The molecule has 8 nitrogen and oxygen atoms in total. The Kier molecular flexibility index (Phi) is 7.60. The monoisotopic (exact) mass is 456 g/mol. The van der Waals surface area contributed by atoms with Crippen molar-refractivity contribution in [1.82, 2.24) is 14.8 Å². The average Bonchev–Trinajstić information content (AvgIpc) is 3.24. The number of hydrogen-bond acceptors (Lipinski definition) is 7. The second-order valence-electron chi connectivity index (χ2n) is 8.05. The van der Waals surface area contributed by atoms with Crippen molar-refractivity contribution >= 4 is 5.71 Å². The smallest absolute Gasteiger partial charge is 0.493 e. The summed E-state index contributed by atoms with van der Waals surface area (Å²) >= 11 is 0. The molecule has 3 atom stereocenters. The minimum atomic E-state index is -4.74. The third-order valence-corrected chi connectivity index (χ3v) is 5.83. The molecule has 0 bridgehead atoms. The molecule has 11 heteroatoms. The lowest BCUT2D eigenvalue weighted by molar-refractivity contribution is -0.274. The van der Waals surface area contributed by atoms with Crippen LogP contribution in [0.5, 0.6) is 11.5 Å². The van der Waals surface area contributed by atoms with Crippen LogP contribution in [0.15, 0.2) is 42.1 Å². The molecule has 32 heavy (non-hydrogen) atoms. The van der Waals surface area contributed by atoms with Crippen molar-refractivity contribution in [2.24, 2.45) is 22.4 Å². The van der Waals surface area contributed by atoms with Gasteiger partial charge in [0.15, 0.2) is 0 Å². The predicted octanol–water partition coefficient (Wildman–Crippen LogP) is 3.67. The third kappa shape index (κ3) is 6.12. The second-order valence-corrected chi connectivity index (χ2v) is 8.05. The molecule has 1 fully saturated rings. The maximum absolute atomic E-state index is 12.3. The second kappa shape index (κ2) is 10.2. The molecule has 1 heterocycles. The van der Waals surface area contributed by atoms with E-state index >= 15 is 0 Å². The van der Waals surface area contributed by atoms with Crippen LogP contribution < -0.4 is 9.47 Å². The van der Waals surface area contributed by atoms with Crippen LogP contribution in [0, 0.1) is 17.3 Å². The van der Waals surface area contributed by atoms with E-state index in [1.807, 2.05) is 0 Å². The molecular formula is C21H27F3N4O4. The van der Waals surface area contributed by atoms with Gasteiger partial charge in [-0.1, -0.05) is 12.1 Å². The first-order valence-electron chi connectivity index (χ1n) is 10.3. The van der Waals surface area contributed by atoms with Crippen molar-refractivity contribution in [3.8, 4) is 11.5 Å². The highest BCUT2D eigenvalue weighted by Crippen LogP contribution is 2.43. The highest BCUT2D eigenvalue weighted by Gasteiger charge is 2.44. The van der Waals surface area contributed by atoms with Crippen LogP contribution in [0.3, 0.4) is 0 Å². The van der Waals surface area contributed by atoms with Crippen molar-refractivity contribution < 1.29 is 32.6 Å². The normalized spacial score (nSPS) is 25.0. The molecule has 0 spiro atoms. The lowest BCUT2D eigenvalue weighted by Gasteiger charge is -2.43. The summed E-state index contributed by atoms with van der Waals surface area (Å²) in [7, 11) is 1.49. The van der Waals surface area contributed by atoms with Crippen molar-refractivity contribution in [2.45, 2.75) is 39.1 Å². The summed E-state index contributed by atoms with van der Waals surface area (Å²) in [6.07, 6.45) is 0.497. The molecule has 0 radical (unpaired) electrons. The van der Waals surface area contributed by atoms with Gasteiger partial charge in [-0.15, -0.1) is 13.2 Å². The number of aromatic nitrogens is 3. The number of nitrogens with zero attached hydrogens (tertiary/aromatic N) is 4. The van der Waals surface area contributed by atoms with Crippen molar-refractivity contribution in [1.29, 1.82) is 0 Å². The van der Waals surface area contributed by atoms with Crippen LogP contribution in [0.2, 0.25) is 0 Å². The maximum Gasteiger partial charge on any atom is 0.573 e. The van der Waals surface area contributed by atoms with Crippen LogP contribution in [-0.4, -0.2) is 52.3 Å². The molecule has 1 N–H and O–H groups in total. The van der Waals surface area contributed by atoms with Crippen LogP contribution in [0.25, 0.3) is 0 Å². The van der Waals surface area contributed by atoms with Crippen LogP contribution in [0.4, 0.5) is 13.2 Å². The molecule has 0 saturated heterocycles. The number of halogens is 3. The molecule has 1 aliphatic rings. The van der Waals surface area contributed by atoms with Gasteiger partial charge in [-0.3, -0.25) is 4.68 Å². The maximum atomic E-state index is 12.3. The number of oxime groups is 1. The van der Waals surface area contributed by atoms with E-state index in [4.69, 9.17) is 9.57 Å². The predicted molar refractivity (Wildman–Crippen MR) is 109 cm³/mol. The fourth-order valence-corrected chi connectivity index (χ4v) is 4.18. The first-order valence-corrected chi connectivity index (χ1v) is 10.3. The van der Waals surface area contributed by atoms with E-state index in [0.29, 0.717) is 25.3 Å². The van der Waals surface area contributed by atoms with Crippen molar-refractivity contribution in [2.75, 3.05) is 20.3 Å². The zero-order valence-corrected chi connectivity index (χ0v) is 18.0. The van der Waals surface area contributed by atoms with Crippen molar-refractivity contribution in [3.05, 3.63) is 36.9 Å². The Morgan fingerprint density at radius 3 is 2.56 bits per heavy atom. The van der Waals surface area contributed by atoms with Gasteiger partial charge in [-0.2, -0.15) is 5.10 Å². The summed E-state index contributed by atoms with van der Waals surface area (Å²) in [5.74, 6) is 0.0922. The van der Waals surface area contributed by atoms with Gasteiger partial charge in [-0.25, -0.2) is 4.98 Å². The van der Waals surface area contributed by atoms with E-state index in [2.05, 4.69) is 26.9 Å². The van der Waals surface area contributed by atoms with Gasteiger partial charge in [-0.05, 0) is 43.5 Å². The zero-order valence-electron chi connectivity index (χ0n) is 18.0. The largest absolute Gasteiger partial charge is 0.573 e. The zero-order chi connectivity index (χ0) is 23.2. The van der Waals surface area contributed by atoms with Gasteiger partial charge >= 0.3 is 6.36 Å². The van der Waals surface area contributed by atoms with Gasteiger partial charge in [0, 0.05) is 23.9 Å². The Balaban J connectivity index is 1.75. The lowest BCUT2D eigenvalue weighted by Crippen LogP contribution is -2.46. The molecular weight excluding hydrogens is 429 g/mol. The number of hydrogen-bond donors (Lipinski definition) is 1. The standard InChI is InChI=1S/C21H27F3N4O4/c1-20(9-10-29)8-7-15(18(19(20)27-30-2)11-28-14-25-13-26-28)12-31-16-3-5-17(6-4-16)32-21(22,23)24/h3-6,13-15,18,29H,7-12H2,1-2H3/t15-,18-,20?/m0/s1. The van der Waals surface area contributed by atoms with E-state index < -0.39 is 6.36 Å². The molecule has 1 aliphatic carbocycles. The number of aliphatic hydroxyl groups is 1. The third-order valence-electron chi connectivity index (χ3n) is 5.83. The Morgan fingerprint density at radius 2 is 1.97 bits per heavy atom. The Morgan fingerprint density at radius 1 is 1.25 bits per heavy atom. The summed E-state index contributed by atoms with van der Waals surface area (Å²) < 4.78 is 48.6. The summed E-state index contributed by atoms with van der Waals surface area (Å²) in [5, 5.41) is 18.1. The van der Waals surface area contributed by atoms with E-state index in [9.17, 15) is 18.3 Å². The molecule has 3 rings (SSSR count). The molecule has 1 aromatic carbocycles. The fraction of sp³-hybridized carbons (Fsp3) is 0.571. The summed E-state index contributed by atoms with van der Waals surface area (Å²) in [6, 6.07) is 5.31. The Hall–Kier alpha value is -2.82. The van der Waals surface area contributed by atoms with E-state index in [1.54, 1.807) is 11.0 Å². The fourth-order valence-electron chi connectivity index (χ4n) is 4.18. The van der Waals surface area contributed by atoms with Crippen molar-refractivity contribution in [3.63, 3.8) is 0 Å². The van der Waals surface area contributed by atoms with Crippen LogP contribution >= 0.6 is 0 Å². The number of aliphatic hydroxyl groups excluding tert-OH is 1. The van der Waals surface area contributed by atoms with E-state index in [0.717, 1.165) is 18.6 Å². The minimum absolute atomic E-state index is 0.0305. The Bertz CT molecular complexity index is 874. The first-order chi connectivity index (χ1) is 15.2. The number of benzene rings is 1. The van der Waals surface area contributed by atoms with Crippen LogP contribution in [-0.2, 0) is 11.4 Å². The SMILES string of the molecule is CON=C1[C@@H](Cn2cncn2)[C@H](COc2ccc(OC(F)(F)F)cc2)CCC1(C)CCO. The summed E-state index contributed by atoms with van der Waals surface area (Å²) in [5.41, 5.74) is 0.502.